The molecule has 1 unspecified atom stereocenters. The Hall–Kier alpha value is -0.160. The molecule has 0 aromatic rings. The molecule has 0 spiro atoms. The minimum absolute atomic E-state index is 0.692. The van der Waals surface area contributed by atoms with E-state index in [0.717, 1.165) is 6.04 Å². The number of nitrogens with zero attached hydrogens (tertiary/aromatic N) is 4. The smallest absolute Gasteiger partial charge is 0.0197 e. The van der Waals surface area contributed by atoms with Gasteiger partial charge in [0.05, 0.1) is 0 Å². The topological polar surface area (TPSA) is 13.0 Å². The first kappa shape index (κ1) is 23.9. The molecule has 0 N–H and O–H groups in total. The molecule has 2 rings (SSSR count). The van der Waals surface area contributed by atoms with Crippen LogP contribution in [0.15, 0.2) is 0 Å². The zero-order chi connectivity index (χ0) is 19.9. The Morgan fingerprint density at radius 3 is 1.54 bits per heavy atom. The largest absolute Gasteiger partial charge is 0.305 e. The van der Waals surface area contributed by atoms with Crippen LogP contribution in [0.25, 0.3) is 0 Å². The maximum Gasteiger partial charge on any atom is 0.0197 e. The molecule has 2 atom stereocenters. The Labute approximate surface area is 164 Å². The van der Waals surface area contributed by atoms with Gasteiger partial charge in [-0.1, -0.05) is 0 Å². The Morgan fingerprint density at radius 2 is 1.08 bits per heavy atom. The molecule has 26 heavy (non-hydrogen) atoms. The Bertz CT molecular complexity index is 369. The van der Waals surface area contributed by atoms with Crippen molar-refractivity contribution in [3.63, 3.8) is 0 Å². The summed E-state index contributed by atoms with van der Waals surface area (Å²) in [4.78, 5) is 10.3. The first-order chi connectivity index (χ1) is 12.1. The molecule has 0 aromatic heterocycles. The molecule has 156 valence electrons. The van der Waals surface area contributed by atoms with Gasteiger partial charge in [0.15, 0.2) is 0 Å². The number of likely N-dealkylation sites (N-methyl/N-ethyl adjacent to an activating group) is 1. The number of hydrogen-bond acceptors (Lipinski definition) is 4. The number of hydrogen-bond donors (Lipinski definition) is 0. The third-order valence-electron chi connectivity index (χ3n) is 6.08. The molecule has 0 aliphatic carbocycles. The fourth-order valence-corrected chi connectivity index (χ4v) is 4.61. The van der Waals surface area contributed by atoms with E-state index in [1.54, 1.807) is 0 Å². The van der Waals surface area contributed by atoms with Gasteiger partial charge in [-0.15, -0.1) is 0 Å². The summed E-state index contributed by atoms with van der Waals surface area (Å²) >= 11 is 0. The zero-order valence-electron chi connectivity index (χ0n) is 19.3. The van der Waals surface area contributed by atoms with Gasteiger partial charge in [-0.25, -0.2) is 0 Å². The number of rotatable bonds is 3. The van der Waals surface area contributed by atoms with Crippen molar-refractivity contribution in [2.45, 2.75) is 98.4 Å². The van der Waals surface area contributed by atoms with Crippen LogP contribution in [0.1, 0.15) is 68.2 Å². The molecule has 4 nitrogen and oxygen atoms in total. The molecule has 2 fully saturated rings. The summed E-state index contributed by atoms with van der Waals surface area (Å²) < 4.78 is 0. The monoisotopic (exact) mass is 368 g/mol. The molecule has 0 bridgehead atoms. The average Bonchev–Trinajstić information content (AvgIpc) is 2.82. The fraction of sp³-hybridized carbons (Fsp3) is 1.00. The molecule has 2 aliphatic heterocycles. The lowest BCUT2D eigenvalue weighted by atomic mass is 10.2. The minimum Gasteiger partial charge on any atom is -0.305 e. The van der Waals surface area contributed by atoms with Crippen molar-refractivity contribution in [3.05, 3.63) is 0 Å². The van der Waals surface area contributed by atoms with Crippen LogP contribution in [-0.2, 0) is 0 Å². The standard InChI is InChI=1S/C12H26N2.C10H22N2/c1-10(2)13-7-6-8-14(11(3)4)12(5)9-13;1-9(2)12-7-5-6-11(4)8-10(12)3/h10-12H,6-9H2,1-5H3;9-10H,5-8H2,1-4H3/t;10-/m.0/s1. The lowest BCUT2D eigenvalue weighted by Crippen LogP contribution is -2.44. The second-order valence-corrected chi connectivity index (χ2v) is 9.42. The van der Waals surface area contributed by atoms with Gasteiger partial charge < -0.3 is 4.90 Å². The molecule has 0 radical (unpaired) electrons. The highest BCUT2D eigenvalue weighted by Crippen LogP contribution is 2.14. The third-order valence-corrected chi connectivity index (χ3v) is 6.08. The van der Waals surface area contributed by atoms with E-state index in [1.165, 1.54) is 52.1 Å². The van der Waals surface area contributed by atoms with Crippen LogP contribution in [0.2, 0.25) is 0 Å². The molecule has 0 amide bonds. The first-order valence-corrected chi connectivity index (χ1v) is 11.1. The molecule has 0 aromatic carbocycles. The highest BCUT2D eigenvalue weighted by atomic mass is 15.3. The van der Waals surface area contributed by atoms with E-state index in [1.807, 2.05) is 0 Å². The van der Waals surface area contributed by atoms with Crippen molar-refractivity contribution < 1.29 is 0 Å². The summed E-state index contributed by atoms with van der Waals surface area (Å²) in [6, 6.07) is 3.52. The van der Waals surface area contributed by atoms with Crippen molar-refractivity contribution in [1.82, 2.24) is 19.6 Å². The molecule has 2 saturated heterocycles. The summed E-state index contributed by atoms with van der Waals surface area (Å²) in [5.74, 6) is 0. The summed E-state index contributed by atoms with van der Waals surface area (Å²) in [6.07, 6.45) is 2.64. The van der Waals surface area contributed by atoms with E-state index < -0.39 is 0 Å². The van der Waals surface area contributed by atoms with E-state index in [0.29, 0.717) is 24.2 Å². The lowest BCUT2D eigenvalue weighted by molar-refractivity contribution is 0.145. The Morgan fingerprint density at radius 1 is 0.615 bits per heavy atom. The van der Waals surface area contributed by atoms with Crippen LogP contribution in [-0.4, -0.2) is 96.1 Å². The quantitative estimate of drug-likeness (QED) is 0.754. The van der Waals surface area contributed by atoms with Crippen molar-refractivity contribution >= 4 is 0 Å². The first-order valence-electron chi connectivity index (χ1n) is 11.1. The van der Waals surface area contributed by atoms with Gasteiger partial charge in [0, 0.05) is 43.3 Å². The molecule has 4 heteroatoms. The molecular formula is C22H48N4. The normalized spacial score (nSPS) is 28.2. The van der Waals surface area contributed by atoms with E-state index in [4.69, 9.17) is 0 Å². The second kappa shape index (κ2) is 11.6. The van der Waals surface area contributed by atoms with E-state index in [-0.39, 0.29) is 0 Å². The third kappa shape index (κ3) is 7.84. The zero-order valence-corrected chi connectivity index (χ0v) is 19.3. The molecule has 0 saturated carbocycles. The van der Waals surface area contributed by atoms with Crippen molar-refractivity contribution in [1.29, 1.82) is 0 Å². The van der Waals surface area contributed by atoms with Gasteiger partial charge in [0.2, 0.25) is 0 Å². The molecular weight excluding hydrogens is 320 g/mol. The van der Waals surface area contributed by atoms with Gasteiger partial charge >= 0.3 is 0 Å². The van der Waals surface area contributed by atoms with Gasteiger partial charge in [-0.3, -0.25) is 14.7 Å². The fourth-order valence-electron chi connectivity index (χ4n) is 4.61. The lowest BCUT2D eigenvalue weighted by Gasteiger charge is -2.33. The highest BCUT2D eigenvalue weighted by Gasteiger charge is 2.24. The maximum absolute atomic E-state index is 2.63. The van der Waals surface area contributed by atoms with Gasteiger partial charge in [-0.2, -0.15) is 0 Å². The van der Waals surface area contributed by atoms with Crippen LogP contribution in [0, 0.1) is 0 Å². The maximum atomic E-state index is 2.63. The average molecular weight is 369 g/mol. The summed E-state index contributed by atoms with van der Waals surface area (Å²) in [5.41, 5.74) is 0. The summed E-state index contributed by atoms with van der Waals surface area (Å²) in [7, 11) is 2.22. The minimum atomic E-state index is 0.692. The van der Waals surface area contributed by atoms with Crippen LogP contribution in [0.5, 0.6) is 0 Å². The summed E-state index contributed by atoms with van der Waals surface area (Å²) in [6.45, 7) is 26.0. The van der Waals surface area contributed by atoms with Crippen molar-refractivity contribution in [2.75, 3.05) is 46.3 Å². The Kier molecular flexibility index (Phi) is 10.7. The predicted molar refractivity (Wildman–Crippen MR) is 116 cm³/mol. The van der Waals surface area contributed by atoms with Crippen LogP contribution >= 0.6 is 0 Å². The van der Waals surface area contributed by atoms with Crippen LogP contribution < -0.4 is 0 Å². The van der Waals surface area contributed by atoms with Crippen LogP contribution in [0.4, 0.5) is 0 Å². The van der Waals surface area contributed by atoms with E-state index in [2.05, 4.69) is 82.0 Å². The van der Waals surface area contributed by atoms with Gasteiger partial charge in [-0.05, 0) is 101 Å². The van der Waals surface area contributed by atoms with E-state index in [9.17, 15) is 0 Å². The van der Waals surface area contributed by atoms with E-state index >= 15 is 0 Å². The van der Waals surface area contributed by atoms with Crippen molar-refractivity contribution in [2.24, 2.45) is 0 Å². The van der Waals surface area contributed by atoms with Gasteiger partial charge in [0.1, 0.15) is 0 Å². The highest BCUT2D eigenvalue weighted by molar-refractivity contribution is 4.80. The van der Waals surface area contributed by atoms with Gasteiger partial charge in [0.25, 0.3) is 0 Å². The SMILES string of the molecule is CC(C)N1CCCN(C(C)C)C(C)C1.CC(C)N1CCCN(C)C[C@@H]1C. The van der Waals surface area contributed by atoms with Crippen LogP contribution in [0.3, 0.4) is 0 Å². The Balaban J connectivity index is 0.000000263. The molecule has 2 heterocycles. The predicted octanol–water partition coefficient (Wildman–Crippen LogP) is 3.62. The summed E-state index contributed by atoms with van der Waals surface area (Å²) in [5, 5.41) is 0. The molecule has 2 aliphatic rings. The second-order valence-electron chi connectivity index (χ2n) is 9.42. The van der Waals surface area contributed by atoms with Crippen molar-refractivity contribution in [3.8, 4) is 0 Å².